The zero-order valence-electron chi connectivity index (χ0n) is 9.11. The number of hydrogen-bond donors (Lipinski definition) is 1. The van der Waals surface area contributed by atoms with Crippen LogP contribution in [0, 0.1) is 0 Å². The van der Waals surface area contributed by atoms with Gasteiger partial charge < -0.3 is 5.11 Å². The summed E-state index contributed by atoms with van der Waals surface area (Å²) in [6.07, 6.45) is -0.0109. The Balaban J connectivity index is 2.17. The van der Waals surface area contributed by atoms with E-state index in [0.717, 1.165) is 15.6 Å². The maximum atomic E-state index is 10.1. The quantitative estimate of drug-likeness (QED) is 0.892. The molecule has 0 saturated heterocycles. The standard InChI is InChI=1S/C14H12BrClO/c15-12-6-3-5-11(8-12)14(17)9-10-4-1-2-7-13(10)16/h1-8,14,17H,9H2. The minimum Gasteiger partial charge on any atom is -0.388 e. The van der Waals surface area contributed by atoms with E-state index in [1.165, 1.54) is 0 Å². The normalized spacial score (nSPS) is 12.4. The van der Waals surface area contributed by atoms with Crippen LogP contribution >= 0.6 is 27.5 Å². The van der Waals surface area contributed by atoms with Gasteiger partial charge in [-0.05, 0) is 29.3 Å². The van der Waals surface area contributed by atoms with Gasteiger partial charge >= 0.3 is 0 Å². The molecule has 1 unspecified atom stereocenters. The highest BCUT2D eigenvalue weighted by Crippen LogP contribution is 2.24. The number of halogens is 2. The highest BCUT2D eigenvalue weighted by molar-refractivity contribution is 9.10. The first-order chi connectivity index (χ1) is 8.16. The Labute approximate surface area is 114 Å². The van der Waals surface area contributed by atoms with Crippen LogP contribution in [0.3, 0.4) is 0 Å². The zero-order valence-corrected chi connectivity index (χ0v) is 11.4. The van der Waals surface area contributed by atoms with E-state index < -0.39 is 6.10 Å². The van der Waals surface area contributed by atoms with Crippen molar-refractivity contribution >= 4 is 27.5 Å². The van der Waals surface area contributed by atoms with Crippen molar-refractivity contribution in [1.29, 1.82) is 0 Å². The fourth-order valence-corrected chi connectivity index (χ4v) is 2.33. The van der Waals surface area contributed by atoms with Gasteiger partial charge in [-0.2, -0.15) is 0 Å². The van der Waals surface area contributed by atoms with E-state index in [0.29, 0.717) is 11.4 Å². The Morgan fingerprint density at radius 2 is 1.88 bits per heavy atom. The van der Waals surface area contributed by atoms with Crippen LogP contribution in [0.1, 0.15) is 17.2 Å². The zero-order chi connectivity index (χ0) is 12.3. The van der Waals surface area contributed by atoms with Gasteiger partial charge in [-0.25, -0.2) is 0 Å². The molecule has 2 rings (SSSR count). The smallest absolute Gasteiger partial charge is 0.0831 e. The largest absolute Gasteiger partial charge is 0.388 e. The molecule has 2 aromatic rings. The maximum Gasteiger partial charge on any atom is 0.0831 e. The highest BCUT2D eigenvalue weighted by atomic mass is 79.9. The Morgan fingerprint density at radius 3 is 2.59 bits per heavy atom. The third-order valence-electron chi connectivity index (χ3n) is 2.60. The van der Waals surface area contributed by atoms with Gasteiger partial charge in [0.1, 0.15) is 0 Å². The topological polar surface area (TPSA) is 20.2 Å². The van der Waals surface area contributed by atoms with Crippen molar-refractivity contribution in [3.8, 4) is 0 Å². The Bertz CT molecular complexity index is 513. The molecule has 0 amide bonds. The van der Waals surface area contributed by atoms with Crippen LogP contribution in [-0.2, 0) is 6.42 Å². The van der Waals surface area contributed by atoms with Gasteiger partial charge in [-0.15, -0.1) is 0 Å². The summed E-state index contributed by atoms with van der Waals surface area (Å²) >= 11 is 9.46. The molecule has 1 N–H and O–H groups in total. The van der Waals surface area contributed by atoms with E-state index in [4.69, 9.17) is 11.6 Å². The van der Waals surface area contributed by atoms with Crippen molar-refractivity contribution in [3.63, 3.8) is 0 Å². The van der Waals surface area contributed by atoms with Crippen LogP contribution < -0.4 is 0 Å². The fourth-order valence-electron chi connectivity index (χ4n) is 1.70. The molecule has 0 heterocycles. The van der Waals surface area contributed by atoms with Gasteiger partial charge in [-0.1, -0.05) is 57.9 Å². The van der Waals surface area contributed by atoms with E-state index >= 15 is 0 Å². The van der Waals surface area contributed by atoms with Crippen molar-refractivity contribution in [2.24, 2.45) is 0 Å². The van der Waals surface area contributed by atoms with Gasteiger partial charge in [0.15, 0.2) is 0 Å². The fraction of sp³-hybridized carbons (Fsp3) is 0.143. The molecule has 17 heavy (non-hydrogen) atoms. The van der Waals surface area contributed by atoms with E-state index in [9.17, 15) is 5.11 Å². The Kier molecular flexibility index (Phi) is 4.21. The third-order valence-corrected chi connectivity index (χ3v) is 3.47. The van der Waals surface area contributed by atoms with Crippen molar-refractivity contribution in [3.05, 3.63) is 69.2 Å². The summed E-state index contributed by atoms with van der Waals surface area (Å²) in [6.45, 7) is 0. The molecule has 0 aliphatic carbocycles. The molecule has 3 heteroatoms. The average Bonchev–Trinajstić information content (AvgIpc) is 2.32. The molecule has 0 aliphatic heterocycles. The first-order valence-corrected chi connectivity index (χ1v) is 6.51. The lowest BCUT2D eigenvalue weighted by atomic mass is 10.0. The summed E-state index contributed by atoms with van der Waals surface area (Å²) in [4.78, 5) is 0. The summed E-state index contributed by atoms with van der Waals surface area (Å²) in [5.74, 6) is 0. The molecule has 2 aromatic carbocycles. The first-order valence-electron chi connectivity index (χ1n) is 5.34. The molecule has 0 spiro atoms. The second kappa shape index (κ2) is 5.67. The second-order valence-corrected chi connectivity index (χ2v) is 5.19. The summed E-state index contributed by atoms with van der Waals surface area (Å²) < 4.78 is 0.966. The average molecular weight is 312 g/mol. The number of aliphatic hydroxyl groups is 1. The van der Waals surface area contributed by atoms with E-state index in [1.54, 1.807) is 0 Å². The lowest BCUT2D eigenvalue weighted by molar-refractivity contribution is 0.178. The van der Waals surface area contributed by atoms with Gasteiger partial charge in [0.25, 0.3) is 0 Å². The molecule has 1 nitrogen and oxygen atoms in total. The van der Waals surface area contributed by atoms with Gasteiger partial charge in [0.2, 0.25) is 0 Å². The molecular formula is C14H12BrClO. The summed E-state index contributed by atoms with van der Waals surface area (Å²) in [7, 11) is 0. The SMILES string of the molecule is OC(Cc1ccccc1Cl)c1cccc(Br)c1. The molecular weight excluding hydrogens is 300 g/mol. The maximum absolute atomic E-state index is 10.1. The Hall–Kier alpha value is -0.830. The van der Waals surface area contributed by atoms with Crippen molar-refractivity contribution in [1.82, 2.24) is 0 Å². The van der Waals surface area contributed by atoms with Crippen LogP contribution in [0.15, 0.2) is 53.0 Å². The van der Waals surface area contributed by atoms with Crippen LogP contribution in [-0.4, -0.2) is 5.11 Å². The van der Waals surface area contributed by atoms with E-state index in [1.807, 2.05) is 48.5 Å². The van der Waals surface area contributed by atoms with Crippen LogP contribution in [0.25, 0.3) is 0 Å². The van der Waals surface area contributed by atoms with Crippen molar-refractivity contribution < 1.29 is 5.11 Å². The molecule has 0 radical (unpaired) electrons. The number of rotatable bonds is 3. The molecule has 1 atom stereocenters. The number of hydrogen-bond acceptors (Lipinski definition) is 1. The lowest BCUT2D eigenvalue weighted by Gasteiger charge is -2.12. The Morgan fingerprint density at radius 1 is 1.12 bits per heavy atom. The number of aliphatic hydroxyl groups excluding tert-OH is 1. The molecule has 0 saturated carbocycles. The third kappa shape index (κ3) is 3.32. The predicted molar refractivity (Wildman–Crippen MR) is 74.3 cm³/mol. The summed E-state index contributed by atoms with van der Waals surface area (Å²) in [6, 6.07) is 15.3. The molecule has 0 aliphatic rings. The monoisotopic (exact) mass is 310 g/mol. The second-order valence-electron chi connectivity index (χ2n) is 3.87. The van der Waals surface area contributed by atoms with E-state index in [-0.39, 0.29) is 0 Å². The molecule has 0 aromatic heterocycles. The summed E-state index contributed by atoms with van der Waals surface area (Å²) in [5, 5.41) is 10.8. The van der Waals surface area contributed by atoms with Crippen LogP contribution in [0.4, 0.5) is 0 Å². The first kappa shape index (κ1) is 12.6. The molecule has 88 valence electrons. The number of benzene rings is 2. The van der Waals surface area contributed by atoms with Gasteiger partial charge in [0.05, 0.1) is 6.10 Å². The van der Waals surface area contributed by atoms with Gasteiger partial charge in [0, 0.05) is 15.9 Å². The highest BCUT2D eigenvalue weighted by Gasteiger charge is 2.10. The van der Waals surface area contributed by atoms with Gasteiger partial charge in [-0.3, -0.25) is 0 Å². The van der Waals surface area contributed by atoms with Crippen molar-refractivity contribution in [2.75, 3.05) is 0 Å². The van der Waals surface area contributed by atoms with Crippen molar-refractivity contribution in [2.45, 2.75) is 12.5 Å². The minimum absolute atomic E-state index is 0.524. The lowest BCUT2D eigenvalue weighted by Crippen LogP contribution is -2.02. The van der Waals surface area contributed by atoms with Crippen LogP contribution in [0.2, 0.25) is 5.02 Å². The summed E-state index contributed by atoms with van der Waals surface area (Å²) in [5.41, 5.74) is 1.85. The van der Waals surface area contributed by atoms with E-state index in [2.05, 4.69) is 15.9 Å². The minimum atomic E-state index is -0.535. The molecule has 0 fully saturated rings. The molecule has 0 bridgehead atoms. The van der Waals surface area contributed by atoms with Crippen LogP contribution in [0.5, 0.6) is 0 Å². The predicted octanol–water partition coefficient (Wildman–Crippen LogP) is 4.38.